The number of benzene rings is 2. The molecule has 5 rings (SSSR count). The summed E-state index contributed by atoms with van der Waals surface area (Å²) in [4.78, 5) is 14.8. The molecule has 3 aliphatic rings. The van der Waals surface area contributed by atoms with Gasteiger partial charge in [-0.25, -0.2) is 0 Å². The van der Waals surface area contributed by atoms with E-state index in [1.54, 1.807) is 0 Å². The fraction of sp³-hybridized carbons (Fsp3) is 0.400. The molecule has 4 heteroatoms. The van der Waals surface area contributed by atoms with E-state index in [1.807, 2.05) is 24.8 Å². The lowest BCUT2D eigenvalue weighted by molar-refractivity contribution is 0.0773. The molecule has 1 spiro atoms. The fourth-order valence-electron chi connectivity index (χ4n) is 5.05. The first kappa shape index (κ1) is 18.4. The number of rotatable bonds is 3. The van der Waals surface area contributed by atoms with E-state index in [4.69, 9.17) is 4.74 Å². The number of nitrogens with one attached hydrogen (secondary N) is 1. The molecule has 2 aromatic carbocycles. The van der Waals surface area contributed by atoms with Crippen molar-refractivity contribution in [2.75, 3.05) is 26.2 Å². The minimum atomic E-state index is -0.234. The van der Waals surface area contributed by atoms with Gasteiger partial charge >= 0.3 is 0 Å². The fourth-order valence-corrected chi connectivity index (χ4v) is 5.05. The minimum Gasteiger partial charge on any atom is -0.482 e. The normalized spacial score (nSPS) is 21.7. The van der Waals surface area contributed by atoms with Gasteiger partial charge in [0.2, 0.25) is 0 Å². The highest BCUT2D eigenvalue weighted by molar-refractivity contribution is 6.06. The average Bonchev–Trinajstić information content (AvgIpc) is 2.89. The van der Waals surface area contributed by atoms with Gasteiger partial charge in [-0.15, -0.1) is 0 Å². The van der Waals surface area contributed by atoms with Crippen LogP contribution in [0.25, 0.3) is 16.7 Å². The molecule has 1 saturated heterocycles. The molecule has 2 heterocycles. The third kappa shape index (κ3) is 2.89. The van der Waals surface area contributed by atoms with Gasteiger partial charge in [-0.05, 0) is 86.3 Å². The molecule has 1 aliphatic carbocycles. The molecule has 4 nitrogen and oxygen atoms in total. The molecule has 2 aromatic rings. The maximum atomic E-state index is 12.9. The van der Waals surface area contributed by atoms with E-state index >= 15 is 0 Å². The monoisotopic (exact) mass is 388 g/mol. The van der Waals surface area contributed by atoms with Crippen molar-refractivity contribution in [1.82, 2.24) is 10.2 Å². The predicted molar refractivity (Wildman–Crippen MR) is 116 cm³/mol. The summed E-state index contributed by atoms with van der Waals surface area (Å²) in [6.07, 6.45) is 5.49. The minimum absolute atomic E-state index is 0.102. The van der Waals surface area contributed by atoms with Crippen LogP contribution in [-0.2, 0) is 0 Å². The Morgan fingerprint density at radius 3 is 2.76 bits per heavy atom. The Morgan fingerprint density at radius 1 is 1.07 bits per heavy atom. The standard InChI is InChI=1S/C25H28N2O2/c1-3-27(4-2)24(28)17-9-10-18-20(15-17)19-7-5-8-22-23(19)21(18)16-25(29-22)11-6-13-26-14-12-25/h5,7-10,15-16,26H,3-4,6,11-14H2,1-2H3. The van der Waals surface area contributed by atoms with Crippen molar-refractivity contribution >= 4 is 11.5 Å². The van der Waals surface area contributed by atoms with Crippen molar-refractivity contribution in [2.45, 2.75) is 38.7 Å². The summed E-state index contributed by atoms with van der Waals surface area (Å²) in [5.41, 5.74) is 6.56. The van der Waals surface area contributed by atoms with Gasteiger partial charge in [0.15, 0.2) is 0 Å². The van der Waals surface area contributed by atoms with Gasteiger partial charge in [0.25, 0.3) is 5.91 Å². The zero-order chi connectivity index (χ0) is 20.0. The number of nitrogens with zero attached hydrogens (tertiary/aromatic N) is 1. The van der Waals surface area contributed by atoms with Crippen LogP contribution in [-0.4, -0.2) is 42.6 Å². The SMILES string of the molecule is CCN(CC)C(=O)c1ccc2c(c1)-c1cccc3c1C2=CC1(CCCNCC1)O3. The van der Waals surface area contributed by atoms with Crippen LogP contribution in [0, 0.1) is 0 Å². The second-order valence-corrected chi connectivity index (χ2v) is 8.24. The summed E-state index contributed by atoms with van der Waals surface area (Å²) in [6.45, 7) is 7.53. The number of hydrogen-bond donors (Lipinski definition) is 1. The third-order valence-corrected chi connectivity index (χ3v) is 6.59. The maximum Gasteiger partial charge on any atom is 0.253 e. The average molecular weight is 389 g/mol. The van der Waals surface area contributed by atoms with Gasteiger partial charge in [-0.2, -0.15) is 0 Å². The first-order valence-electron chi connectivity index (χ1n) is 10.9. The Kier molecular flexibility index (Phi) is 4.47. The van der Waals surface area contributed by atoms with Gasteiger partial charge in [0.05, 0.1) is 0 Å². The summed E-state index contributed by atoms with van der Waals surface area (Å²) in [6, 6.07) is 12.5. The molecule has 0 aromatic heterocycles. The van der Waals surface area contributed by atoms with E-state index in [-0.39, 0.29) is 11.5 Å². The van der Waals surface area contributed by atoms with Gasteiger partial charge in [-0.3, -0.25) is 4.79 Å². The maximum absolute atomic E-state index is 12.9. The smallest absolute Gasteiger partial charge is 0.253 e. The third-order valence-electron chi connectivity index (χ3n) is 6.59. The lowest BCUT2D eigenvalue weighted by Gasteiger charge is -2.35. The molecule has 2 aliphatic heterocycles. The Hall–Kier alpha value is -2.59. The molecule has 0 bridgehead atoms. The van der Waals surface area contributed by atoms with Gasteiger partial charge in [0, 0.05) is 30.6 Å². The van der Waals surface area contributed by atoms with E-state index in [0.717, 1.165) is 62.3 Å². The van der Waals surface area contributed by atoms with Crippen LogP contribution in [0.2, 0.25) is 0 Å². The lowest BCUT2D eigenvalue weighted by Crippen LogP contribution is -2.37. The van der Waals surface area contributed by atoms with Gasteiger partial charge < -0.3 is 15.0 Å². The lowest BCUT2D eigenvalue weighted by atomic mass is 9.86. The summed E-state index contributed by atoms with van der Waals surface area (Å²) in [5.74, 6) is 1.08. The van der Waals surface area contributed by atoms with E-state index < -0.39 is 0 Å². The van der Waals surface area contributed by atoms with Crippen molar-refractivity contribution in [3.05, 3.63) is 59.2 Å². The highest BCUT2D eigenvalue weighted by Crippen LogP contribution is 2.53. The molecular weight excluding hydrogens is 360 g/mol. The van der Waals surface area contributed by atoms with Crippen LogP contribution in [0.5, 0.6) is 5.75 Å². The molecule has 0 radical (unpaired) electrons. The Bertz CT molecular complexity index is 996. The van der Waals surface area contributed by atoms with E-state index in [9.17, 15) is 4.79 Å². The molecule has 29 heavy (non-hydrogen) atoms. The van der Waals surface area contributed by atoms with Crippen molar-refractivity contribution in [2.24, 2.45) is 0 Å². The molecule has 1 N–H and O–H groups in total. The zero-order valence-electron chi connectivity index (χ0n) is 17.3. The summed E-state index contributed by atoms with van der Waals surface area (Å²) in [7, 11) is 0. The number of amides is 1. The van der Waals surface area contributed by atoms with Crippen LogP contribution < -0.4 is 10.1 Å². The van der Waals surface area contributed by atoms with Crippen LogP contribution >= 0.6 is 0 Å². The first-order chi connectivity index (χ1) is 14.2. The largest absolute Gasteiger partial charge is 0.482 e. The van der Waals surface area contributed by atoms with E-state index in [1.165, 1.54) is 22.3 Å². The van der Waals surface area contributed by atoms with Crippen molar-refractivity contribution in [3.8, 4) is 16.9 Å². The Balaban J connectivity index is 1.63. The summed E-state index contributed by atoms with van der Waals surface area (Å²) in [5, 5.41) is 3.50. The quantitative estimate of drug-likeness (QED) is 0.719. The topological polar surface area (TPSA) is 41.6 Å². The van der Waals surface area contributed by atoms with E-state index in [2.05, 4.69) is 41.7 Å². The van der Waals surface area contributed by atoms with Crippen molar-refractivity contribution < 1.29 is 9.53 Å². The second kappa shape index (κ2) is 7.03. The molecule has 1 unspecified atom stereocenters. The Labute approximate surface area is 172 Å². The molecular formula is C25H28N2O2. The zero-order valence-corrected chi connectivity index (χ0v) is 17.3. The number of carbonyl (C=O) groups is 1. The van der Waals surface area contributed by atoms with Crippen molar-refractivity contribution in [3.63, 3.8) is 0 Å². The van der Waals surface area contributed by atoms with Crippen LogP contribution in [0.1, 0.15) is 54.6 Å². The summed E-state index contributed by atoms with van der Waals surface area (Å²) >= 11 is 0. The Morgan fingerprint density at radius 2 is 1.93 bits per heavy atom. The molecule has 0 saturated carbocycles. The van der Waals surface area contributed by atoms with Gasteiger partial charge in [0.1, 0.15) is 11.4 Å². The highest BCUT2D eigenvalue weighted by atomic mass is 16.5. The number of hydrogen-bond acceptors (Lipinski definition) is 3. The number of ether oxygens (including phenoxy) is 1. The molecule has 1 atom stereocenters. The molecule has 150 valence electrons. The highest BCUT2D eigenvalue weighted by Gasteiger charge is 2.40. The van der Waals surface area contributed by atoms with E-state index in [0.29, 0.717) is 0 Å². The summed E-state index contributed by atoms with van der Waals surface area (Å²) < 4.78 is 6.62. The molecule has 1 fully saturated rings. The number of fused-ring (bicyclic) bond motifs is 3. The second-order valence-electron chi connectivity index (χ2n) is 8.24. The van der Waals surface area contributed by atoms with Crippen LogP contribution in [0.3, 0.4) is 0 Å². The van der Waals surface area contributed by atoms with Crippen LogP contribution in [0.15, 0.2) is 42.5 Å². The first-order valence-corrected chi connectivity index (χ1v) is 10.9. The predicted octanol–water partition coefficient (Wildman–Crippen LogP) is 4.49. The van der Waals surface area contributed by atoms with Crippen molar-refractivity contribution in [1.29, 1.82) is 0 Å². The molecule has 1 amide bonds. The van der Waals surface area contributed by atoms with Crippen LogP contribution in [0.4, 0.5) is 0 Å². The number of carbonyl (C=O) groups excluding carboxylic acids is 1. The van der Waals surface area contributed by atoms with Gasteiger partial charge in [-0.1, -0.05) is 18.2 Å².